The lowest BCUT2D eigenvalue weighted by molar-refractivity contribution is 0.0395. The van der Waals surface area contributed by atoms with Crippen LogP contribution in [0.25, 0.3) is 0 Å². The highest BCUT2D eigenvalue weighted by molar-refractivity contribution is 5.13. The molecule has 0 amide bonds. The van der Waals surface area contributed by atoms with Crippen LogP contribution < -0.4 is 5.32 Å². The third-order valence-corrected chi connectivity index (χ3v) is 3.23. The fraction of sp³-hybridized carbons (Fsp3) is 0.857. The van der Waals surface area contributed by atoms with E-state index in [-0.39, 0.29) is 6.10 Å². The van der Waals surface area contributed by atoms with Crippen LogP contribution in [0.15, 0.2) is 11.8 Å². The van der Waals surface area contributed by atoms with Crippen molar-refractivity contribution in [2.45, 2.75) is 52.2 Å². The third kappa shape index (κ3) is 4.32. The second-order valence-electron chi connectivity index (χ2n) is 5.04. The van der Waals surface area contributed by atoms with Crippen molar-refractivity contribution >= 4 is 0 Å². The summed E-state index contributed by atoms with van der Waals surface area (Å²) in [6.07, 6.45) is 5.53. The minimum absolute atomic E-state index is 0.217. The Morgan fingerprint density at radius 3 is 2.71 bits per heavy atom. The highest BCUT2D eigenvalue weighted by Gasteiger charge is 2.28. The van der Waals surface area contributed by atoms with Crippen molar-refractivity contribution in [2.24, 2.45) is 5.92 Å². The molecule has 0 radical (unpaired) electrons. The minimum atomic E-state index is 0.217. The van der Waals surface area contributed by atoms with Gasteiger partial charge in [-0.25, -0.2) is 0 Å². The first-order chi connectivity index (χ1) is 8.20. The summed E-state index contributed by atoms with van der Waals surface area (Å²) in [6, 6.07) is 0.292. The predicted octanol–water partition coefficient (Wildman–Crippen LogP) is 2.72. The normalized spacial score (nSPS) is 19.7. The van der Waals surface area contributed by atoms with E-state index in [0.717, 1.165) is 32.4 Å². The van der Waals surface area contributed by atoms with E-state index in [0.29, 0.717) is 12.0 Å². The lowest BCUT2D eigenvalue weighted by atomic mass is 9.91. The van der Waals surface area contributed by atoms with E-state index in [1.165, 1.54) is 5.57 Å². The number of hydrogen-bond acceptors (Lipinski definition) is 3. The topological polar surface area (TPSA) is 30.5 Å². The van der Waals surface area contributed by atoms with E-state index in [1.807, 2.05) is 6.26 Å². The Labute approximate surface area is 106 Å². The van der Waals surface area contributed by atoms with Crippen LogP contribution in [0, 0.1) is 5.92 Å². The van der Waals surface area contributed by atoms with Gasteiger partial charge >= 0.3 is 0 Å². The first-order valence-corrected chi connectivity index (χ1v) is 6.77. The van der Waals surface area contributed by atoms with Crippen molar-refractivity contribution < 1.29 is 9.47 Å². The molecule has 2 atom stereocenters. The zero-order valence-electron chi connectivity index (χ0n) is 11.7. The van der Waals surface area contributed by atoms with Crippen LogP contribution >= 0.6 is 0 Å². The van der Waals surface area contributed by atoms with Gasteiger partial charge in [0.2, 0.25) is 0 Å². The summed E-state index contributed by atoms with van der Waals surface area (Å²) in [6.45, 7) is 8.48. The number of hydrogen-bond donors (Lipinski definition) is 1. The van der Waals surface area contributed by atoms with E-state index in [4.69, 9.17) is 9.47 Å². The van der Waals surface area contributed by atoms with Crippen LogP contribution in [0.1, 0.15) is 40.0 Å². The van der Waals surface area contributed by atoms with Gasteiger partial charge in [0.25, 0.3) is 0 Å². The molecule has 2 unspecified atom stereocenters. The molecule has 1 rings (SSSR count). The second-order valence-corrected chi connectivity index (χ2v) is 5.04. The predicted molar refractivity (Wildman–Crippen MR) is 71.0 cm³/mol. The maximum Gasteiger partial charge on any atom is 0.0876 e. The fourth-order valence-electron chi connectivity index (χ4n) is 2.36. The fourth-order valence-corrected chi connectivity index (χ4v) is 2.36. The third-order valence-electron chi connectivity index (χ3n) is 3.23. The van der Waals surface area contributed by atoms with Gasteiger partial charge in [0, 0.05) is 7.11 Å². The smallest absolute Gasteiger partial charge is 0.0876 e. The molecule has 0 aromatic carbocycles. The van der Waals surface area contributed by atoms with Gasteiger partial charge in [-0.05, 0) is 37.3 Å². The van der Waals surface area contributed by atoms with E-state index < -0.39 is 0 Å². The van der Waals surface area contributed by atoms with Crippen molar-refractivity contribution in [1.82, 2.24) is 5.32 Å². The Kier molecular flexibility index (Phi) is 6.60. The molecule has 1 aliphatic rings. The maximum atomic E-state index is 5.67. The molecule has 0 aromatic heterocycles. The average molecular weight is 241 g/mol. The Balaban J connectivity index is 2.73. The van der Waals surface area contributed by atoms with Crippen molar-refractivity contribution in [3.05, 3.63) is 11.8 Å². The highest BCUT2D eigenvalue weighted by Crippen LogP contribution is 2.23. The molecule has 0 aromatic rings. The molecule has 3 heteroatoms. The highest BCUT2D eigenvalue weighted by atomic mass is 16.5. The lowest BCUT2D eigenvalue weighted by Crippen LogP contribution is -2.46. The van der Waals surface area contributed by atoms with E-state index in [2.05, 4.69) is 26.1 Å². The molecule has 0 bridgehead atoms. The molecule has 0 aliphatic carbocycles. The molecule has 17 heavy (non-hydrogen) atoms. The molecule has 0 saturated heterocycles. The Morgan fingerprint density at radius 1 is 1.47 bits per heavy atom. The van der Waals surface area contributed by atoms with Crippen LogP contribution in [0.2, 0.25) is 0 Å². The first-order valence-electron chi connectivity index (χ1n) is 6.77. The SMILES string of the molecule is CCCNC(C1=COCCC1)C(OC)C(C)C. The van der Waals surface area contributed by atoms with Gasteiger partial charge in [-0.1, -0.05) is 20.8 Å². The lowest BCUT2D eigenvalue weighted by Gasteiger charge is -2.33. The van der Waals surface area contributed by atoms with Crippen molar-refractivity contribution in [2.75, 3.05) is 20.3 Å². The largest absolute Gasteiger partial charge is 0.501 e. The molecular weight excluding hydrogens is 214 g/mol. The van der Waals surface area contributed by atoms with Gasteiger partial charge in [-0.15, -0.1) is 0 Å². The van der Waals surface area contributed by atoms with Crippen LogP contribution in [0.5, 0.6) is 0 Å². The summed E-state index contributed by atoms with van der Waals surface area (Å²) in [5.74, 6) is 0.497. The van der Waals surface area contributed by atoms with Crippen LogP contribution in [-0.4, -0.2) is 32.4 Å². The van der Waals surface area contributed by atoms with Gasteiger partial charge < -0.3 is 14.8 Å². The number of ether oxygens (including phenoxy) is 2. The monoisotopic (exact) mass is 241 g/mol. The molecule has 1 N–H and O–H groups in total. The van der Waals surface area contributed by atoms with Gasteiger partial charge in [-0.3, -0.25) is 0 Å². The van der Waals surface area contributed by atoms with Crippen molar-refractivity contribution in [1.29, 1.82) is 0 Å². The summed E-state index contributed by atoms with van der Waals surface area (Å²) < 4.78 is 11.1. The maximum absolute atomic E-state index is 5.67. The zero-order chi connectivity index (χ0) is 12.7. The first kappa shape index (κ1) is 14.5. The summed E-state index contributed by atoms with van der Waals surface area (Å²) in [5.41, 5.74) is 1.35. The van der Waals surface area contributed by atoms with E-state index in [9.17, 15) is 0 Å². The molecule has 3 nitrogen and oxygen atoms in total. The number of methoxy groups -OCH3 is 1. The average Bonchev–Trinajstić information content (AvgIpc) is 2.35. The summed E-state index contributed by atoms with van der Waals surface area (Å²) in [4.78, 5) is 0. The molecule has 100 valence electrons. The molecular formula is C14H27NO2. The summed E-state index contributed by atoms with van der Waals surface area (Å²) in [7, 11) is 1.80. The number of rotatable bonds is 7. The Bertz CT molecular complexity index is 238. The van der Waals surface area contributed by atoms with E-state index >= 15 is 0 Å². The molecule has 1 aliphatic heterocycles. The summed E-state index contributed by atoms with van der Waals surface area (Å²) >= 11 is 0. The standard InChI is InChI=1S/C14H27NO2/c1-5-8-15-13(14(16-4)11(2)3)12-7-6-9-17-10-12/h10-11,13-15H,5-9H2,1-4H3. The van der Waals surface area contributed by atoms with Gasteiger partial charge in [0.1, 0.15) is 0 Å². The Hall–Kier alpha value is -0.540. The summed E-state index contributed by atoms with van der Waals surface area (Å²) in [5, 5.41) is 3.60. The van der Waals surface area contributed by atoms with Gasteiger partial charge in [0.15, 0.2) is 0 Å². The molecule has 1 heterocycles. The van der Waals surface area contributed by atoms with Crippen LogP contribution in [0.3, 0.4) is 0 Å². The van der Waals surface area contributed by atoms with Crippen molar-refractivity contribution in [3.63, 3.8) is 0 Å². The van der Waals surface area contributed by atoms with Gasteiger partial charge in [0.05, 0.1) is 25.0 Å². The number of nitrogens with one attached hydrogen (secondary N) is 1. The minimum Gasteiger partial charge on any atom is -0.501 e. The Morgan fingerprint density at radius 2 is 2.24 bits per heavy atom. The molecule has 0 spiro atoms. The van der Waals surface area contributed by atoms with Gasteiger partial charge in [-0.2, -0.15) is 0 Å². The second kappa shape index (κ2) is 7.72. The zero-order valence-corrected chi connectivity index (χ0v) is 11.7. The molecule has 0 fully saturated rings. The molecule has 0 saturated carbocycles. The van der Waals surface area contributed by atoms with E-state index in [1.54, 1.807) is 7.11 Å². The van der Waals surface area contributed by atoms with Crippen LogP contribution in [0.4, 0.5) is 0 Å². The quantitative estimate of drug-likeness (QED) is 0.743. The van der Waals surface area contributed by atoms with Crippen molar-refractivity contribution in [3.8, 4) is 0 Å². The van der Waals surface area contributed by atoms with Crippen LogP contribution in [-0.2, 0) is 9.47 Å².